The Morgan fingerprint density at radius 3 is 1.57 bits per heavy atom. The molecule has 4 rings (SSSR count). The van der Waals surface area contributed by atoms with Gasteiger partial charge in [-0.15, -0.1) is 0 Å². The number of allylic oxidation sites excluding steroid dienone is 5. The summed E-state index contributed by atoms with van der Waals surface area (Å²) in [7, 11) is 0. The minimum absolute atomic E-state index is 0.118. The van der Waals surface area contributed by atoms with Crippen LogP contribution < -0.4 is 15.4 Å². The summed E-state index contributed by atoms with van der Waals surface area (Å²) in [6, 6.07) is 0.582. The first kappa shape index (κ1) is 61.5. The molecule has 0 saturated carbocycles. The number of amides is 1. The number of carboxylic acids is 2. The van der Waals surface area contributed by atoms with Crippen LogP contribution in [0.2, 0.25) is 0 Å². The lowest BCUT2D eigenvalue weighted by molar-refractivity contribution is -0.376. The molecule has 0 radical (unpaired) electrons. The Bertz CT molecular complexity index is 2590. The van der Waals surface area contributed by atoms with Crippen molar-refractivity contribution in [1.82, 2.24) is 0 Å². The second kappa shape index (κ2) is 21.5. The van der Waals surface area contributed by atoms with Gasteiger partial charge in [0.1, 0.15) is 17.3 Å². The summed E-state index contributed by atoms with van der Waals surface area (Å²) < 4.78 is 223. The standard InChI is InChI=1S/C49H51F15N2O9/c1-7-10-15-41(4,5)66-29-19-27(44(74,48(59,60)61)49(62,63)64)21-31(23-29)75-30-20-26(43(73,46(53,54)55)47(56,57)58)18-28(22-30)65-38(68)35-17-25(12-14-33(35)40(71)72)36(45(50,51)52)24-11-13-32(39(69)70)34(16-24)37(67)42(6,8-2)9-3/h11,13-14,16-23,25,32,34,36,66,73-74H,7-10,12,15H2,1-6H3,(H,65,68)(H,69,70)(H,71,72). The van der Waals surface area contributed by atoms with E-state index in [4.69, 9.17) is 4.74 Å². The van der Waals surface area contributed by atoms with E-state index in [1.165, 1.54) is 20.8 Å². The van der Waals surface area contributed by atoms with Crippen LogP contribution in [0.25, 0.3) is 0 Å². The van der Waals surface area contributed by atoms with E-state index in [1.54, 1.807) is 26.1 Å². The first-order chi connectivity index (χ1) is 34.0. The summed E-state index contributed by atoms with van der Waals surface area (Å²) in [5, 5.41) is 45.0. The normalized spacial score (nSPS) is 18.9. The Morgan fingerprint density at radius 1 is 0.667 bits per heavy atom. The number of nitrogens with one attached hydrogen (secondary N) is 2. The van der Waals surface area contributed by atoms with Crippen molar-refractivity contribution in [3.63, 3.8) is 0 Å². The van der Waals surface area contributed by atoms with Crippen molar-refractivity contribution >= 4 is 35.0 Å². The number of anilines is 2. The molecule has 1 amide bonds. The highest BCUT2D eigenvalue weighted by molar-refractivity contribution is 6.14. The van der Waals surface area contributed by atoms with Gasteiger partial charge in [-0.3, -0.25) is 14.4 Å². The monoisotopic (exact) mass is 1100 g/mol. The molecule has 416 valence electrons. The zero-order valence-electron chi connectivity index (χ0n) is 40.4. The average Bonchev–Trinajstić information content (AvgIpc) is 3.27. The van der Waals surface area contributed by atoms with Crippen molar-refractivity contribution in [2.45, 2.75) is 128 Å². The van der Waals surface area contributed by atoms with Gasteiger partial charge in [-0.1, -0.05) is 70.9 Å². The van der Waals surface area contributed by atoms with Gasteiger partial charge >= 0.3 is 42.8 Å². The van der Waals surface area contributed by atoms with Crippen LogP contribution in [0.5, 0.6) is 11.5 Å². The molecule has 11 nitrogen and oxygen atoms in total. The summed E-state index contributed by atoms with van der Waals surface area (Å²) in [5.74, 6) is -16.9. The largest absolute Gasteiger partial charge is 0.481 e. The second-order valence-corrected chi connectivity index (χ2v) is 19.0. The molecule has 75 heavy (non-hydrogen) atoms. The van der Waals surface area contributed by atoms with Crippen molar-refractivity contribution < 1.29 is 110 Å². The molecule has 4 unspecified atom stereocenters. The van der Waals surface area contributed by atoms with Gasteiger partial charge < -0.3 is 35.8 Å². The summed E-state index contributed by atoms with van der Waals surface area (Å²) in [6.45, 7) is 9.27. The third kappa shape index (κ3) is 12.8. The predicted octanol–water partition coefficient (Wildman–Crippen LogP) is 12.8. The van der Waals surface area contributed by atoms with Crippen molar-refractivity contribution in [3.05, 3.63) is 94.6 Å². The third-order valence-corrected chi connectivity index (χ3v) is 13.3. The molecule has 2 aliphatic rings. The van der Waals surface area contributed by atoms with E-state index < -0.39 is 157 Å². The molecule has 0 fully saturated rings. The SMILES string of the molecule is CCCCC(C)(C)Nc1cc(Oc2cc(NC(=O)C3=CC(C(C4=CC(C(=O)C(C)(CC)CC)C(C(=O)O)C=C4)C(F)(F)F)CC=C3C(=O)O)cc(C(O)(C(F)(F)F)C(F)(F)F)c2)cc(C(O)(C(F)(F)F)C(F)(F)F)c1. The molecular formula is C49H51F15N2O9. The first-order valence-electron chi connectivity index (χ1n) is 22.7. The first-order valence-corrected chi connectivity index (χ1v) is 22.7. The number of carboxylic acid groups (broad SMARTS) is 2. The molecule has 0 spiro atoms. The maximum Gasteiger partial charge on any atom is 0.430 e. The number of carbonyl (C=O) groups excluding carboxylic acids is 2. The number of benzene rings is 2. The number of hydrogen-bond acceptors (Lipinski definition) is 8. The lowest BCUT2D eigenvalue weighted by atomic mass is 9.68. The molecule has 26 heteroatoms. The highest BCUT2D eigenvalue weighted by atomic mass is 19.4. The fraction of sp³-hybridized carbons (Fsp3) is 0.510. The van der Waals surface area contributed by atoms with Gasteiger partial charge in [0.25, 0.3) is 17.1 Å². The number of Topliss-reactive ketones (excluding diaryl/α,β-unsaturated/α-hetero) is 1. The molecule has 4 atom stereocenters. The van der Waals surface area contributed by atoms with E-state index in [1.807, 2.05) is 0 Å². The minimum Gasteiger partial charge on any atom is -0.481 e. The van der Waals surface area contributed by atoms with Crippen molar-refractivity contribution in [3.8, 4) is 11.5 Å². The molecule has 2 aromatic rings. The van der Waals surface area contributed by atoms with Gasteiger partial charge in [0.15, 0.2) is 0 Å². The van der Waals surface area contributed by atoms with Gasteiger partial charge in [-0.2, -0.15) is 65.9 Å². The zero-order chi connectivity index (χ0) is 57.5. The van der Waals surface area contributed by atoms with Gasteiger partial charge in [0, 0.05) is 45.6 Å². The predicted molar refractivity (Wildman–Crippen MR) is 238 cm³/mol. The number of halogens is 15. The van der Waals surface area contributed by atoms with E-state index in [0.29, 0.717) is 37.1 Å². The number of rotatable bonds is 19. The van der Waals surface area contributed by atoms with Crippen LogP contribution in [0, 0.1) is 29.1 Å². The summed E-state index contributed by atoms with van der Waals surface area (Å²) >= 11 is 0. The van der Waals surface area contributed by atoms with E-state index in [9.17, 15) is 92.3 Å². The Labute approximate surface area is 418 Å². The number of ketones is 1. The van der Waals surface area contributed by atoms with E-state index >= 15 is 13.2 Å². The van der Waals surface area contributed by atoms with Crippen LogP contribution in [0.3, 0.4) is 0 Å². The number of hydrogen-bond donors (Lipinski definition) is 6. The summed E-state index contributed by atoms with van der Waals surface area (Å²) in [4.78, 5) is 52.4. The van der Waals surface area contributed by atoms with Crippen LogP contribution in [-0.4, -0.2) is 80.5 Å². The average molecular weight is 1100 g/mol. The van der Waals surface area contributed by atoms with E-state index in [0.717, 1.165) is 18.2 Å². The maximum atomic E-state index is 15.2. The van der Waals surface area contributed by atoms with Crippen LogP contribution in [-0.2, 0) is 30.4 Å². The Kier molecular flexibility index (Phi) is 17.7. The van der Waals surface area contributed by atoms with Gasteiger partial charge in [0.05, 0.1) is 28.9 Å². The summed E-state index contributed by atoms with van der Waals surface area (Å²) in [5.41, 5.74) is -23.4. The molecule has 0 aromatic heterocycles. The van der Waals surface area contributed by atoms with Crippen molar-refractivity contribution in [1.29, 1.82) is 0 Å². The van der Waals surface area contributed by atoms with Crippen LogP contribution >= 0.6 is 0 Å². The fourth-order valence-electron chi connectivity index (χ4n) is 8.69. The van der Waals surface area contributed by atoms with Crippen LogP contribution in [0.15, 0.2) is 83.5 Å². The molecule has 0 bridgehead atoms. The molecular weight excluding hydrogens is 1050 g/mol. The molecule has 2 aliphatic carbocycles. The lowest BCUT2D eigenvalue weighted by Crippen LogP contribution is -2.54. The molecule has 2 aromatic carbocycles. The van der Waals surface area contributed by atoms with Crippen LogP contribution in [0.1, 0.15) is 91.2 Å². The van der Waals surface area contributed by atoms with Crippen LogP contribution in [0.4, 0.5) is 77.2 Å². The van der Waals surface area contributed by atoms with Gasteiger partial charge in [-0.25, -0.2) is 4.79 Å². The van der Waals surface area contributed by atoms with E-state index in [-0.39, 0.29) is 43.5 Å². The van der Waals surface area contributed by atoms with Crippen molar-refractivity contribution in [2.75, 3.05) is 10.6 Å². The molecule has 0 heterocycles. The lowest BCUT2D eigenvalue weighted by Gasteiger charge is -2.35. The number of aliphatic carboxylic acids is 2. The second-order valence-electron chi connectivity index (χ2n) is 19.0. The van der Waals surface area contributed by atoms with E-state index in [2.05, 4.69) is 5.32 Å². The Morgan fingerprint density at radius 2 is 1.15 bits per heavy atom. The number of ether oxygens (including phenoxy) is 1. The number of unbranched alkanes of at least 4 members (excludes halogenated alkanes) is 1. The maximum absolute atomic E-state index is 15.2. The van der Waals surface area contributed by atoms with Crippen molar-refractivity contribution in [2.24, 2.45) is 29.1 Å². The van der Waals surface area contributed by atoms with Gasteiger partial charge in [-0.05, 0) is 75.3 Å². The molecule has 6 N–H and O–H groups in total. The topological polar surface area (TPSA) is 182 Å². The number of carbonyl (C=O) groups is 4. The molecule has 0 aliphatic heterocycles. The highest BCUT2D eigenvalue weighted by Crippen LogP contribution is 2.54. The summed E-state index contributed by atoms with van der Waals surface area (Å²) in [6.07, 6.45) is -27.8. The number of aliphatic hydroxyl groups is 2. The fourth-order valence-corrected chi connectivity index (χ4v) is 8.69. The quantitative estimate of drug-likeness (QED) is 0.0741. The highest BCUT2D eigenvalue weighted by Gasteiger charge is 2.73. The Balaban J connectivity index is 1.98. The molecule has 0 saturated heterocycles. The minimum atomic E-state index is -6.73. The third-order valence-electron chi connectivity index (χ3n) is 13.3. The Hall–Kier alpha value is -6.05. The zero-order valence-corrected chi connectivity index (χ0v) is 40.4. The number of alkyl halides is 15. The van der Waals surface area contributed by atoms with Gasteiger partial charge in [0.2, 0.25) is 0 Å². The smallest absolute Gasteiger partial charge is 0.430 e.